The molecular formula is C15H30N4. The van der Waals surface area contributed by atoms with Crippen LogP contribution < -0.4 is 5.32 Å². The SMILES string of the molecule is CCCNC(Cc1ncnn1C(C)C)C(CC)CC. The van der Waals surface area contributed by atoms with Gasteiger partial charge in [-0.15, -0.1) is 0 Å². The van der Waals surface area contributed by atoms with Gasteiger partial charge in [0.25, 0.3) is 0 Å². The highest BCUT2D eigenvalue weighted by molar-refractivity contribution is 4.93. The van der Waals surface area contributed by atoms with Crippen LogP contribution in [0.25, 0.3) is 0 Å². The van der Waals surface area contributed by atoms with Gasteiger partial charge in [-0.3, -0.25) is 0 Å². The number of rotatable bonds is 9. The normalized spacial score (nSPS) is 13.4. The maximum Gasteiger partial charge on any atom is 0.138 e. The number of aromatic nitrogens is 3. The molecule has 4 heteroatoms. The van der Waals surface area contributed by atoms with E-state index in [9.17, 15) is 0 Å². The predicted molar refractivity (Wildman–Crippen MR) is 80.3 cm³/mol. The van der Waals surface area contributed by atoms with Gasteiger partial charge >= 0.3 is 0 Å². The van der Waals surface area contributed by atoms with Gasteiger partial charge in [0.15, 0.2) is 0 Å². The Labute approximate surface area is 118 Å². The van der Waals surface area contributed by atoms with E-state index in [1.165, 1.54) is 19.3 Å². The molecule has 0 radical (unpaired) electrons. The second-order valence-corrected chi connectivity index (χ2v) is 5.56. The van der Waals surface area contributed by atoms with Crippen LogP contribution in [0.4, 0.5) is 0 Å². The minimum atomic E-state index is 0.381. The Balaban J connectivity index is 2.77. The molecule has 0 bridgehead atoms. The summed E-state index contributed by atoms with van der Waals surface area (Å²) in [6.45, 7) is 12.2. The Morgan fingerprint density at radius 3 is 2.42 bits per heavy atom. The Morgan fingerprint density at radius 2 is 1.89 bits per heavy atom. The van der Waals surface area contributed by atoms with Crippen LogP contribution in [0, 0.1) is 5.92 Å². The molecule has 1 rings (SSSR count). The van der Waals surface area contributed by atoms with Crippen molar-refractivity contribution in [1.29, 1.82) is 0 Å². The Morgan fingerprint density at radius 1 is 1.21 bits per heavy atom. The molecule has 1 heterocycles. The van der Waals surface area contributed by atoms with Gasteiger partial charge in [-0.25, -0.2) is 9.67 Å². The highest BCUT2D eigenvalue weighted by atomic mass is 15.3. The monoisotopic (exact) mass is 266 g/mol. The first-order chi connectivity index (χ1) is 9.13. The molecule has 0 aliphatic heterocycles. The molecule has 1 atom stereocenters. The molecule has 0 aliphatic rings. The van der Waals surface area contributed by atoms with E-state index in [1.807, 2.05) is 4.68 Å². The summed E-state index contributed by atoms with van der Waals surface area (Å²) in [5, 5.41) is 8.03. The second kappa shape index (κ2) is 8.31. The third-order valence-corrected chi connectivity index (χ3v) is 3.81. The van der Waals surface area contributed by atoms with Crippen molar-refractivity contribution < 1.29 is 0 Å². The van der Waals surface area contributed by atoms with Crippen LogP contribution in [-0.2, 0) is 6.42 Å². The summed E-state index contributed by atoms with van der Waals surface area (Å²) in [6, 6.07) is 0.891. The van der Waals surface area contributed by atoms with E-state index in [1.54, 1.807) is 6.33 Å². The van der Waals surface area contributed by atoms with Gasteiger partial charge in [-0.1, -0.05) is 33.6 Å². The fraction of sp³-hybridized carbons (Fsp3) is 0.867. The molecule has 0 amide bonds. The van der Waals surface area contributed by atoms with E-state index < -0.39 is 0 Å². The van der Waals surface area contributed by atoms with E-state index in [0.29, 0.717) is 18.0 Å². The Hall–Kier alpha value is -0.900. The van der Waals surface area contributed by atoms with Crippen LogP contribution >= 0.6 is 0 Å². The molecule has 110 valence electrons. The number of hydrogen-bond acceptors (Lipinski definition) is 3. The van der Waals surface area contributed by atoms with E-state index in [4.69, 9.17) is 0 Å². The first kappa shape index (κ1) is 16.2. The van der Waals surface area contributed by atoms with Crippen molar-refractivity contribution in [1.82, 2.24) is 20.1 Å². The van der Waals surface area contributed by atoms with Crippen molar-refractivity contribution in [3.63, 3.8) is 0 Å². The van der Waals surface area contributed by atoms with E-state index in [2.05, 4.69) is 50.0 Å². The lowest BCUT2D eigenvalue weighted by molar-refractivity contribution is 0.321. The van der Waals surface area contributed by atoms with Crippen molar-refractivity contribution in [2.24, 2.45) is 5.92 Å². The molecule has 1 aromatic heterocycles. The van der Waals surface area contributed by atoms with Crippen molar-refractivity contribution in [2.75, 3.05) is 6.54 Å². The van der Waals surface area contributed by atoms with Gasteiger partial charge in [0.05, 0.1) is 0 Å². The molecular weight excluding hydrogens is 236 g/mol. The third-order valence-electron chi connectivity index (χ3n) is 3.81. The number of nitrogens with zero attached hydrogens (tertiary/aromatic N) is 3. The van der Waals surface area contributed by atoms with Crippen molar-refractivity contribution in [2.45, 2.75) is 72.4 Å². The molecule has 4 nitrogen and oxygen atoms in total. The minimum absolute atomic E-state index is 0.381. The summed E-state index contributed by atoms with van der Waals surface area (Å²) < 4.78 is 2.04. The fourth-order valence-corrected chi connectivity index (χ4v) is 2.64. The summed E-state index contributed by atoms with van der Waals surface area (Å²) in [5.74, 6) is 1.82. The maximum atomic E-state index is 4.45. The quantitative estimate of drug-likeness (QED) is 0.746. The zero-order chi connectivity index (χ0) is 14.3. The van der Waals surface area contributed by atoms with E-state index in [0.717, 1.165) is 18.8 Å². The summed E-state index contributed by atoms with van der Waals surface area (Å²) >= 11 is 0. The van der Waals surface area contributed by atoms with Gasteiger partial charge in [0, 0.05) is 18.5 Å². The lowest BCUT2D eigenvalue weighted by Crippen LogP contribution is -2.39. The highest BCUT2D eigenvalue weighted by Crippen LogP contribution is 2.18. The average Bonchev–Trinajstić information content (AvgIpc) is 2.85. The van der Waals surface area contributed by atoms with E-state index in [-0.39, 0.29) is 0 Å². The molecule has 1 aromatic rings. The molecule has 1 N–H and O–H groups in total. The molecule has 0 fully saturated rings. The zero-order valence-corrected chi connectivity index (χ0v) is 13.2. The van der Waals surface area contributed by atoms with Crippen LogP contribution in [0.2, 0.25) is 0 Å². The largest absolute Gasteiger partial charge is 0.313 e. The topological polar surface area (TPSA) is 42.7 Å². The fourth-order valence-electron chi connectivity index (χ4n) is 2.64. The van der Waals surface area contributed by atoms with Crippen LogP contribution in [0.15, 0.2) is 6.33 Å². The summed E-state index contributed by atoms with van der Waals surface area (Å²) in [6.07, 6.45) is 6.26. The first-order valence-corrected chi connectivity index (χ1v) is 7.75. The number of nitrogens with one attached hydrogen (secondary N) is 1. The van der Waals surface area contributed by atoms with Gasteiger partial charge in [0.2, 0.25) is 0 Å². The van der Waals surface area contributed by atoms with Crippen LogP contribution in [0.5, 0.6) is 0 Å². The Bertz CT molecular complexity index is 342. The molecule has 0 aliphatic carbocycles. The van der Waals surface area contributed by atoms with Crippen LogP contribution in [-0.4, -0.2) is 27.4 Å². The highest BCUT2D eigenvalue weighted by Gasteiger charge is 2.21. The molecule has 1 unspecified atom stereocenters. The second-order valence-electron chi connectivity index (χ2n) is 5.56. The van der Waals surface area contributed by atoms with Crippen LogP contribution in [0.3, 0.4) is 0 Å². The Kier molecular flexibility index (Phi) is 7.06. The van der Waals surface area contributed by atoms with Gasteiger partial charge < -0.3 is 5.32 Å². The summed E-state index contributed by atoms with van der Waals surface area (Å²) in [7, 11) is 0. The third kappa shape index (κ3) is 4.60. The van der Waals surface area contributed by atoms with Gasteiger partial charge in [-0.2, -0.15) is 5.10 Å². The molecule has 0 spiro atoms. The lowest BCUT2D eigenvalue weighted by atomic mass is 9.91. The summed E-state index contributed by atoms with van der Waals surface area (Å²) in [4.78, 5) is 4.45. The summed E-state index contributed by atoms with van der Waals surface area (Å²) in [5.41, 5.74) is 0. The average molecular weight is 266 g/mol. The predicted octanol–water partition coefficient (Wildman–Crippen LogP) is 3.21. The smallest absolute Gasteiger partial charge is 0.138 e. The maximum absolute atomic E-state index is 4.45. The molecule has 0 saturated heterocycles. The van der Waals surface area contributed by atoms with Crippen molar-refractivity contribution in [3.05, 3.63) is 12.2 Å². The first-order valence-electron chi connectivity index (χ1n) is 7.75. The van der Waals surface area contributed by atoms with Gasteiger partial charge in [-0.05, 0) is 32.7 Å². The molecule has 19 heavy (non-hydrogen) atoms. The molecule has 0 saturated carbocycles. The molecule has 0 aromatic carbocycles. The standard InChI is InChI=1S/C15H30N4/c1-6-9-16-14(13(7-2)8-3)10-15-17-11-18-19(15)12(4)5/h11-14,16H,6-10H2,1-5H3. The van der Waals surface area contributed by atoms with E-state index >= 15 is 0 Å². The van der Waals surface area contributed by atoms with Crippen molar-refractivity contribution >= 4 is 0 Å². The zero-order valence-electron chi connectivity index (χ0n) is 13.2. The lowest BCUT2D eigenvalue weighted by Gasteiger charge is -2.26. The minimum Gasteiger partial charge on any atom is -0.313 e. The van der Waals surface area contributed by atoms with Crippen LogP contribution in [0.1, 0.15) is 65.7 Å². The van der Waals surface area contributed by atoms with Crippen molar-refractivity contribution in [3.8, 4) is 0 Å². The number of hydrogen-bond donors (Lipinski definition) is 1. The van der Waals surface area contributed by atoms with Gasteiger partial charge in [0.1, 0.15) is 12.2 Å².